The molecule has 2 aromatic rings. The Balaban J connectivity index is 0.00000155. The van der Waals surface area contributed by atoms with Gasteiger partial charge in [0.1, 0.15) is 5.82 Å². The van der Waals surface area contributed by atoms with E-state index in [1.807, 2.05) is 64.1 Å². The molecule has 3 rings (SSSR count). The number of pyridine rings is 2. The topological polar surface area (TPSA) is 47.9 Å². The standard InChI is InChI=1S/C22H32N6.C2H6/c1-6-26(4)19-11-14-28(15-12-19)20-9-10-22(24-16-20)27(5)25-18(3)21-8-7-13-23-17(21)2;1-2/h7-10,13,16,19H,6,11-12,14-15H2,1-5H3;1-2H3/b25-18+;. The van der Waals surface area contributed by atoms with E-state index in [-0.39, 0.29) is 0 Å². The van der Waals surface area contributed by atoms with Gasteiger partial charge in [-0.2, -0.15) is 5.10 Å². The predicted octanol–water partition coefficient (Wildman–Crippen LogP) is 4.59. The molecule has 1 aliphatic rings. The van der Waals surface area contributed by atoms with Gasteiger partial charge >= 0.3 is 0 Å². The average Bonchev–Trinajstić information content (AvgIpc) is 2.80. The van der Waals surface area contributed by atoms with Crippen LogP contribution in [-0.4, -0.2) is 60.4 Å². The number of piperidine rings is 1. The van der Waals surface area contributed by atoms with Crippen LogP contribution in [0.25, 0.3) is 0 Å². The second-order valence-corrected chi connectivity index (χ2v) is 7.51. The molecule has 0 bridgehead atoms. The Labute approximate surface area is 182 Å². The van der Waals surface area contributed by atoms with Crippen LogP contribution in [-0.2, 0) is 0 Å². The minimum atomic E-state index is 0.702. The van der Waals surface area contributed by atoms with Gasteiger partial charge in [-0.3, -0.25) is 9.99 Å². The van der Waals surface area contributed by atoms with Crippen molar-refractivity contribution in [3.05, 3.63) is 47.9 Å². The highest BCUT2D eigenvalue weighted by Crippen LogP contribution is 2.23. The highest BCUT2D eigenvalue weighted by Gasteiger charge is 2.22. The molecule has 1 aliphatic heterocycles. The lowest BCUT2D eigenvalue weighted by Gasteiger charge is -2.37. The number of rotatable bonds is 6. The molecule has 2 aromatic heterocycles. The predicted molar refractivity (Wildman–Crippen MR) is 129 cm³/mol. The zero-order valence-electron chi connectivity index (χ0n) is 19.8. The SMILES string of the molecule is CC.CCN(C)C1CCN(c2ccc(N(C)/N=C(\C)c3cccnc3C)nc2)CC1. The van der Waals surface area contributed by atoms with Crippen molar-refractivity contribution in [1.29, 1.82) is 0 Å². The summed E-state index contributed by atoms with van der Waals surface area (Å²) in [5.74, 6) is 0.838. The van der Waals surface area contributed by atoms with Gasteiger partial charge in [-0.1, -0.05) is 20.8 Å². The van der Waals surface area contributed by atoms with Gasteiger partial charge in [0.15, 0.2) is 0 Å². The van der Waals surface area contributed by atoms with Gasteiger partial charge in [-0.25, -0.2) is 4.98 Å². The Morgan fingerprint density at radius 3 is 2.40 bits per heavy atom. The van der Waals surface area contributed by atoms with E-state index in [1.54, 1.807) is 6.20 Å². The van der Waals surface area contributed by atoms with Gasteiger partial charge in [-0.15, -0.1) is 0 Å². The fourth-order valence-corrected chi connectivity index (χ4v) is 3.78. The first kappa shape index (κ1) is 23.8. The Morgan fingerprint density at radius 1 is 1.13 bits per heavy atom. The average molecular weight is 411 g/mol. The van der Waals surface area contributed by atoms with E-state index in [9.17, 15) is 0 Å². The van der Waals surface area contributed by atoms with Crippen LogP contribution in [0.4, 0.5) is 11.5 Å². The first-order valence-electron chi connectivity index (χ1n) is 11.1. The van der Waals surface area contributed by atoms with E-state index >= 15 is 0 Å². The summed E-state index contributed by atoms with van der Waals surface area (Å²) in [7, 11) is 4.16. The number of hydrogen-bond acceptors (Lipinski definition) is 6. The van der Waals surface area contributed by atoms with Crippen LogP contribution in [0.15, 0.2) is 41.8 Å². The van der Waals surface area contributed by atoms with E-state index in [2.05, 4.69) is 44.9 Å². The monoisotopic (exact) mass is 410 g/mol. The highest BCUT2D eigenvalue weighted by atomic mass is 15.5. The van der Waals surface area contributed by atoms with Crippen molar-refractivity contribution in [1.82, 2.24) is 14.9 Å². The second kappa shape index (κ2) is 11.6. The van der Waals surface area contributed by atoms with Crippen LogP contribution in [0.2, 0.25) is 0 Å². The molecular formula is C24H38N6. The molecule has 0 unspecified atom stereocenters. The van der Waals surface area contributed by atoms with Crippen LogP contribution >= 0.6 is 0 Å². The number of aromatic nitrogens is 2. The van der Waals surface area contributed by atoms with Gasteiger partial charge in [0.2, 0.25) is 0 Å². The third kappa shape index (κ3) is 6.02. The van der Waals surface area contributed by atoms with Crippen LogP contribution in [0.5, 0.6) is 0 Å². The lowest BCUT2D eigenvalue weighted by molar-refractivity contribution is 0.217. The molecule has 0 saturated carbocycles. The Morgan fingerprint density at radius 2 is 1.83 bits per heavy atom. The fourth-order valence-electron chi connectivity index (χ4n) is 3.78. The fraction of sp³-hybridized carbons (Fsp3) is 0.542. The molecule has 1 fully saturated rings. The first-order chi connectivity index (χ1) is 14.5. The summed E-state index contributed by atoms with van der Waals surface area (Å²) >= 11 is 0. The molecule has 1 saturated heterocycles. The van der Waals surface area contributed by atoms with Crippen molar-refractivity contribution < 1.29 is 0 Å². The third-order valence-electron chi connectivity index (χ3n) is 5.71. The number of aryl methyl sites for hydroxylation is 1. The summed E-state index contributed by atoms with van der Waals surface area (Å²) in [6.45, 7) is 13.5. The van der Waals surface area contributed by atoms with Crippen molar-refractivity contribution in [2.45, 2.75) is 53.5 Å². The van der Waals surface area contributed by atoms with Crippen molar-refractivity contribution in [2.24, 2.45) is 5.10 Å². The molecule has 0 N–H and O–H groups in total. The maximum Gasteiger partial charge on any atom is 0.148 e. The van der Waals surface area contributed by atoms with E-state index in [0.29, 0.717) is 6.04 Å². The lowest BCUT2D eigenvalue weighted by Crippen LogP contribution is -2.43. The van der Waals surface area contributed by atoms with E-state index in [4.69, 9.17) is 0 Å². The number of hydrogen-bond donors (Lipinski definition) is 0. The van der Waals surface area contributed by atoms with E-state index < -0.39 is 0 Å². The van der Waals surface area contributed by atoms with E-state index in [1.165, 1.54) is 18.5 Å². The highest BCUT2D eigenvalue weighted by molar-refractivity contribution is 5.99. The summed E-state index contributed by atoms with van der Waals surface area (Å²) < 4.78 is 0. The van der Waals surface area contributed by atoms with Gasteiger partial charge in [-0.05, 0) is 64.5 Å². The molecule has 30 heavy (non-hydrogen) atoms. The molecule has 0 atom stereocenters. The van der Waals surface area contributed by atoms with Gasteiger partial charge < -0.3 is 9.80 Å². The first-order valence-corrected chi connectivity index (χ1v) is 11.1. The molecule has 6 nitrogen and oxygen atoms in total. The Hall–Kier alpha value is -2.47. The number of anilines is 2. The minimum absolute atomic E-state index is 0.702. The zero-order chi connectivity index (χ0) is 22.1. The molecule has 0 spiro atoms. The van der Waals surface area contributed by atoms with Crippen LogP contribution in [0.3, 0.4) is 0 Å². The Bertz CT molecular complexity index is 794. The third-order valence-corrected chi connectivity index (χ3v) is 5.71. The molecule has 0 radical (unpaired) electrons. The molecule has 164 valence electrons. The molecule has 0 amide bonds. The second-order valence-electron chi connectivity index (χ2n) is 7.51. The normalized spacial score (nSPS) is 15.1. The van der Waals surface area contributed by atoms with Gasteiger partial charge in [0.25, 0.3) is 0 Å². The summed E-state index contributed by atoms with van der Waals surface area (Å²) in [5.41, 5.74) is 4.17. The van der Waals surface area contributed by atoms with Crippen LogP contribution in [0.1, 0.15) is 51.8 Å². The molecule has 0 aromatic carbocycles. The molecular weight excluding hydrogens is 372 g/mol. The van der Waals surface area contributed by atoms with Gasteiger partial charge in [0.05, 0.1) is 17.6 Å². The van der Waals surface area contributed by atoms with Crippen LogP contribution < -0.4 is 9.91 Å². The van der Waals surface area contributed by atoms with Crippen molar-refractivity contribution in [3.63, 3.8) is 0 Å². The smallest absolute Gasteiger partial charge is 0.148 e. The molecule has 6 heteroatoms. The summed E-state index contributed by atoms with van der Waals surface area (Å²) in [6.07, 6.45) is 6.19. The molecule has 0 aliphatic carbocycles. The van der Waals surface area contributed by atoms with E-state index in [0.717, 1.165) is 42.4 Å². The summed E-state index contributed by atoms with van der Waals surface area (Å²) in [5, 5.41) is 6.51. The summed E-state index contributed by atoms with van der Waals surface area (Å²) in [4.78, 5) is 13.9. The van der Waals surface area contributed by atoms with Crippen LogP contribution in [0, 0.1) is 6.92 Å². The zero-order valence-corrected chi connectivity index (χ0v) is 19.8. The Kier molecular flexibility index (Phi) is 9.24. The maximum atomic E-state index is 4.69. The molecule has 3 heterocycles. The minimum Gasteiger partial charge on any atom is -0.370 e. The largest absolute Gasteiger partial charge is 0.370 e. The number of hydrazone groups is 1. The summed E-state index contributed by atoms with van der Waals surface area (Å²) in [6, 6.07) is 8.89. The lowest BCUT2D eigenvalue weighted by atomic mass is 10.0. The van der Waals surface area contributed by atoms with Crippen molar-refractivity contribution in [2.75, 3.05) is 43.6 Å². The maximum absolute atomic E-state index is 4.69. The van der Waals surface area contributed by atoms with Crippen molar-refractivity contribution in [3.8, 4) is 0 Å². The number of nitrogens with zero attached hydrogens (tertiary/aromatic N) is 6. The van der Waals surface area contributed by atoms with Crippen molar-refractivity contribution >= 4 is 17.2 Å². The quantitative estimate of drug-likeness (QED) is 0.515. The van der Waals surface area contributed by atoms with Gasteiger partial charge in [0, 0.05) is 43.6 Å².